The average Bonchev–Trinajstić information content (AvgIpc) is 2.69. The van der Waals surface area contributed by atoms with Crippen molar-refractivity contribution in [3.63, 3.8) is 0 Å². The van der Waals surface area contributed by atoms with E-state index >= 15 is 0 Å². The van der Waals surface area contributed by atoms with Gasteiger partial charge in [-0.25, -0.2) is 9.78 Å². The first-order valence-corrected chi connectivity index (χ1v) is 6.36. The summed E-state index contributed by atoms with van der Waals surface area (Å²) in [5.74, 6) is -0.412. The number of rotatable bonds is 3. The molecular formula is C10H13N5O3S. The van der Waals surface area contributed by atoms with Gasteiger partial charge in [0.2, 0.25) is 5.91 Å². The molecule has 0 unspecified atom stereocenters. The van der Waals surface area contributed by atoms with Crippen molar-refractivity contribution >= 4 is 28.8 Å². The molecule has 0 aliphatic carbocycles. The third kappa shape index (κ3) is 2.05. The number of carbonyl (C=O) groups excluding carboxylic acids is 1. The van der Waals surface area contributed by atoms with Crippen molar-refractivity contribution in [2.24, 2.45) is 26.9 Å². The summed E-state index contributed by atoms with van der Waals surface area (Å²) in [5.41, 5.74) is 4.80. The maximum absolute atomic E-state index is 12.0. The van der Waals surface area contributed by atoms with E-state index in [1.54, 1.807) is 18.7 Å². The lowest BCUT2D eigenvalue weighted by Crippen LogP contribution is -2.37. The third-order valence-electron chi connectivity index (χ3n) is 2.77. The van der Waals surface area contributed by atoms with Crippen LogP contribution in [0.1, 0.15) is 0 Å². The summed E-state index contributed by atoms with van der Waals surface area (Å²) in [6, 6.07) is 0. The molecule has 1 amide bonds. The minimum absolute atomic E-state index is 0.0609. The number of carbonyl (C=O) groups is 1. The Kier molecular flexibility index (Phi) is 3.23. The summed E-state index contributed by atoms with van der Waals surface area (Å²) < 4.78 is 3.95. The molecule has 0 saturated carbocycles. The Morgan fingerprint density at radius 2 is 1.84 bits per heavy atom. The van der Waals surface area contributed by atoms with Gasteiger partial charge in [0.15, 0.2) is 16.3 Å². The highest BCUT2D eigenvalue weighted by Gasteiger charge is 2.17. The van der Waals surface area contributed by atoms with Crippen LogP contribution >= 0.6 is 11.8 Å². The molecular weight excluding hydrogens is 270 g/mol. The van der Waals surface area contributed by atoms with Crippen LogP contribution in [0.15, 0.2) is 14.7 Å². The van der Waals surface area contributed by atoms with Gasteiger partial charge in [-0.1, -0.05) is 11.8 Å². The first-order chi connectivity index (χ1) is 8.84. The van der Waals surface area contributed by atoms with Crippen LogP contribution in [0.5, 0.6) is 0 Å². The molecule has 0 aliphatic heterocycles. The monoisotopic (exact) mass is 283 g/mol. The second-order valence-electron chi connectivity index (χ2n) is 4.09. The van der Waals surface area contributed by atoms with E-state index in [0.717, 1.165) is 16.3 Å². The van der Waals surface area contributed by atoms with Crippen molar-refractivity contribution in [3.05, 3.63) is 20.8 Å². The summed E-state index contributed by atoms with van der Waals surface area (Å²) in [6.07, 6.45) is 0. The highest BCUT2D eigenvalue weighted by Crippen LogP contribution is 2.19. The van der Waals surface area contributed by atoms with Gasteiger partial charge in [-0.05, 0) is 0 Å². The Hall–Kier alpha value is -2.03. The molecule has 0 spiro atoms. The summed E-state index contributed by atoms with van der Waals surface area (Å²) >= 11 is 1.12. The van der Waals surface area contributed by atoms with Gasteiger partial charge >= 0.3 is 5.69 Å². The van der Waals surface area contributed by atoms with Gasteiger partial charge in [0.05, 0.1) is 5.75 Å². The number of nitrogens with zero attached hydrogens (tertiary/aromatic N) is 4. The van der Waals surface area contributed by atoms with E-state index in [-0.39, 0.29) is 11.3 Å². The fourth-order valence-corrected chi connectivity index (χ4v) is 2.53. The highest BCUT2D eigenvalue weighted by atomic mass is 32.2. The lowest BCUT2D eigenvalue weighted by Gasteiger charge is -2.05. The first-order valence-electron chi connectivity index (χ1n) is 5.38. The Morgan fingerprint density at radius 3 is 2.42 bits per heavy atom. The summed E-state index contributed by atoms with van der Waals surface area (Å²) in [7, 11) is 4.64. The van der Waals surface area contributed by atoms with Gasteiger partial charge in [0.1, 0.15) is 0 Å². The maximum Gasteiger partial charge on any atom is 0.332 e. The Bertz CT molecular complexity index is 785. The smallest absolute Gasteiger partial charge is 0.332 e. The normalized spacial score (nSPS) is 11.1. The SMILES string of the molecule is Cn1c(=O)c2nc(SCC(N)=O)n(C)c2n(C)c1=O. The number of imidazole rings is 1. The van der Waals surface area contributed by atoms with Crippen LogP contribution in [0.4, 0.5) is 0 Å². The van der Waals surface area contributed by atoms with Crippen molar-refractivity contribution in [3.8, 4) is 0 Å². The summed E-state index contributed by atoms with van der Waals surface area (Å²) in [6.45, 7) is 0. The molecule has 2 N–H and O–H groups in total. The van der Waals surface area contributed by atoms with Gasteiger partial charge in [-0.15, -0.1) is 0 Å². The van der Waals surface area contributed by atoms with Crippen LogP contribution in [0, 0.1) is 0 Å². The predicted molar refractivity (Wildman–Crippen MR) is 71.1 cm³/mol. The largest absolute Gasteiger partial charge is 0.369 e. The molecule has 8 nitrogen and oxygen atoms in total. The summed E-state index contributed by atoms with van der Waals surface area (Å²) in [5, 5.41) is 0.465. The molecule has 0 aliphatic rings. The Morgan fingerprint density at radius 1 is 1.21 bits per heavy atom. The zero-order chi connectivity index (χ0) is 14.3. The molecule has 102 valence electrons. The molecule has 2 heterocycles. The van der Waals surface area contributed by atoms with Gasteiger partial charge in [-0.3, -0.25) is 18.7 Å². The lowest BCUT2D eigenvalue weighted by atomic mass is 10.5. The molecule has 0 radical (unpaired) electrons. The molecule has 2 aromatic heterocycles. The predicted octanol–water partition coefficient (Wildman–Crippen LogP) is -1.45. The van der Waals surface area contributed by atoms with E-state index in [1.807, 2.05) is 0 Å². The van der Waals surface area contributed by atoms with Crippen LogP contribution < -0.4 is 17.0 Å². The van der Waals surface area contributed by atoms with Crippen LogP contribution in [0.2, 0.25) is 0 Å². The van der Waals surface area contributed by atoms with E-state index in [1.165, 1.54) is 11.6 Å². The first kappa shape index (κ1) is 13.4. The Balaban J connectivity index is 2.74. The van der Waals surface area contributed by atoms with Crippen molar-refractivity contribution in [2.75, 3.05) is 5.75 Å². The average molecular weight is 283 g/mol. The van der Waals surface area contributed by atoms with Crippen molar-refractivity contribution in [1.82, 2.24) is 18.7 Å². The third-order valence-corrected chi connectivity index (χ3v) is 3.82. The zero-order valence-corrected chi connectivity index (χ0v) is 11.5. The highest BCUT2D eigenvalue weighted by molar-refractivity contribution is 7.99. The fourth-order valence-electron chi connectivity index (χ4n) is 1.82. The molecule has 9 heteroatoms. The number of hydrogen-bond donors (Lipinski definition) is 1. The number of fused-ring (bicyclic) bond motifs is 1. The molecule has 2 aromatic rings. The van der Waals surface area contributed by atoms with Crippen LogP contribution in [0.25, 0.3) is 11.2 Å². The van der Waals surface area contributed by atoms with E-state index in [4.69, 9.17) is 5.73 Å². The second-order valence-corrected chi connectivity index (χ2v) is 5.03. The van der Waals surface area contributed by atoms with Crippen LogP contribution in [0.3, 0.4) is 0 Å². The molecule has 0 aromatic carbocycles. The summed E-state index contributed by atoms with van der Waals surface area (Å²) in [4.78, 5) is 38.8. The van der Waals surface area contributed by atoms with E-state index < -0.39 is 17.2 Å². The molecule has 0 atom stereocenters. The molecule has 0 saturated heterocycles. The number of aryl methyl sites for hydroxylation is 2. The van der Waals surface area contributed by atoms with Crippen molar-refractivity contribution < 1.29 is 4.79 Å². The van der Waals surface area contributed by atoms with Gasteiger partial charge in [0, 0.05) is 21.1 Å². The molecule has 0 bridgehead atoms. The van der Waals surface area contributed by atoms with E-state index in [0.29, 0.717) is 10.8 Å². The van der Waals surface area contributed by atoms with Gasteiger partial charge < -0.3 is 10.3 Å². The van der Waals surface area contributed by atoms with Crippen LogP contribution in [-0.2, 0) is 25.9 Å². The minimum atomic E-state index is -0.473. The Labute approximate surface area is 111 Å². The van der Waals surface area contributed by atoms with Crippen molar-refractivity contribution in [2.45, 2.75) is 5.16 Å². The maximum atomic E-state index is 12.0. The number of nitrogens with two attached hydrogens (primary N) is 1. The van der Waals surface area contributed by atoms with Crippen molar-refractivity contribution in [1.29, 1.82) is 0 Å². The van der Waals surface area contributed by atoms with Gasteiger partial charge in [0.25, 0.3) is 5.56 Å². The number of hydrogen-bond acceptors (Lipinski definition) is 5. The standard InChI is InChI=1S/C10H13N5O3S/c1-13-7-6(12-9(13)19-4-5(11)16)8(17)15(3)10(18)14(7)2/h4H2,1-3H3,(H2,11,16). The fraction of sp³-hybridized carbons (Fsp3) is 0.400. The van der Waals surface area contributed by atoms with E-state index in [2.05, 4.69) is 4.98 Å². The van der Waals surface area contributed by atoms with Gasteiger partial charge in [-0.2, -0.15) is 0 Å². The number of thioether (sulfide) groups is 1. The topological polar surface area (TPSA) is 105 Å². The lowest BCUT2D eigenvalue weighted by molar-refractivity contribution is -0.115. The number of amides is 1. The van der Waals surface area contributed by atoms with Crippen LogP contribution in [-0.4, -0.2) is 30.3 Å². The zero-order valence-electron chi connectivity index (χ0n) is 10.7. The number of primary amides is 1. The quantitative estimate of drug-likeness (QED) is 0.694. The number of aromatic nitrogens is 4. The molecule has 19 heavy (non-hydrogen) atoms. The molecule has 0 fully saturated rings. The molecule has 2 rings (SSSR count). The minimum Gasteiger partial charge on any atom is -0.369 e. The second kappa shape index (κ2) is 4.57. The van der Waals surface area contributed by atoms with E-state index in [9.17, 15) is 14.4 Å².